The molecule has 0 spiro atoms. The molecule has 3 atom stereocenters. The monoisotopic (exact) mass is 495 g/mol. The van der Waals surface area contributed by atoms with Crippen molar-refractivity contribution in [1.82, 2.24) is 15.5 Å². The van der Waals surface area contributed by atoms with Crippen molar-refractivity contribution < 1.29 is 9.59 Å². The fourth-order valence-corrected chi connectivity index (χ4v) is 3.79. The largest absolute Gasteiger partial charge is 0.370 e. The molecule has 0 aromatic rings. The minimum atomic E-state index is -0.521. The van der Waals surface area contributed by atoms with E-state index in [4.69, 9.17) is 22.6 Å². The maximum Gasteiger partial charge on any atom is 0.237 e. The molecule has 1 fully saturated rings. The van der Waals surface area contributed by atoms with Crippen LogP contribution in [0.4, 0.5) is 0 Å². The molecule has 1 saturated heterocycles. The summed E-state index contributed by atoms with van der Waals surface area (Å²) in [6, 6.07) is -0.712. The zero-order valence-electron chi connectivity index (χ0n) is 15.9. The van der Waals surface area contributed by atoms with Gasteiger partial charge in [-0.3, -0.25) is 19.9 Å². The van der Waals surface area contributed by atoms with Crippen LogP contribution in [-0.4, -0.2) is 64.9 Å². The molecule has 1 rings (SSSR count). The van der Waals surface area contributed by atoms with Crippen LogP contribution in [0, 0.1) is 5.41 Å². The summed E-state index contributed by atoms with van der Waals surface area (Å²) in [5, 5.41) is 12.7. The molecule has 0 aromatic heterocycles. The van der Waals surface area contributed by atoms with E-state index in [0.29, 0.717) is 32.5 Å². The smallest absolute Gasteiger partial charge is 0.237 e. The number of carbonyl (C=O) groups excluding carboxylic acids is 2. The predicted octanol–water partition coefficient (Wildman–Crippen LogP) is -0.383. The number of nitrogens with zero attached hydrogens (tertiary/aromatic N) is 1. The molecular formula is C17H34IN7O2. The summed E-state index contributed by atoms with van der Waals surface area (Å²) in [6.45, 7) is 2.72. The van der Waals surface area contributed by atoms with Crippen LogP contribution in [0.3, 0.4) is 0 Å². The van der Waals surface area contributed by atoms with Gasteiger partial charge >= 0.3 is 0 Å². The van der Waals surface area contributed by atoms with Gasteiger partial charge in [0.1, 0.15) is 0 Å². The van der Waals surface area contributed by atoms with Gasteiger partial charge in [0.15, 0.2) is 5.96 Å². The van der Waals surface area contributed by atoms with Crippen LogP contribution in [0.1, 0.15) is 44.9 Å². The Labute approximate surface area is 175 Å². The van der Waals surface area contributed by atoms with Crippen LogP contribution in [0.15, 0.2) is 0 Å². The van der Waals surface area contributed by atoms with Crippen molar-refractivity contribution in [3.05, 3.63) is 0 Å². The van der Waals surface area contributed by atoms with E-state index in [1.165, 1.54) is 0 Å². The molecule has 0 aliphatic carbocycles. The van der Waals surface area contributed by atoms with Gasteiger partial charge in [0.05, 0.1) is 12.1 Å². The molecular weight excluding hydrogens is 461 g/mol. The topological polar surface area (TPSA) is 163 Å². The van der Waals surface area contributed by atoms with Crippen LogP contribution in [0.2, 0.25) is 0 Å². The van der Waals surface area contributed by atoms with Crippen molar-refractivity contribution in [2.24, 2.45) is 17.2 Å². The van der Waals surface area contributed by atoms with E-state index >= 15 is 0 Å². The van der Waals surface area contributed by atoms with Gasteiger partial charge in [0.25, 0.3) is 0 Å². The average Bonchev–Trinajstić information content (AvgIpc) is 3.05. The summed E-state index contributed by atoms with van der Waals surface area (Å²) in [5.74, 6) is -0.197. The standard InChI is InChI=1S/C17H34IN7O2/c18-15(26)13(6-3-9-23-17(21)22)24-16(27)14-7-4-10-25(14)11-12(20)5-1-2-8-19/h12-14H,1-11,19-20H2,(H,24,27)(H4,21,22,23). The molecule has 0 saturated carbocycles. The first-order valence-corrected chi connectivity index (χ1v) is 10.7. The second-order valence-corrected chi connectivity index (χ2v) is 8.11. The van der Waals surface area contributed by atoms with E-state index in [2.05, 4.69) is 15.5 Å². The summed E-state index contributed by atoms with van der Waals surface area (Å²) in [5.41, 5.74) is 17.0. The van der Waals surface area contributed by atoms with Gasteiger partial charge in [-0.1, -0.05) is 6.42 Å². The molecule has 27 heavy (non-hydrogen) atoms. The van der Waals surface area contributed by atoms with Gasteiger partial charge < -0.3 is 27.8 Å². The molecule has 10 heteroatoms. The van der Waals surface area contributed by atoms with Crippen LogP contribution in [0.25, 0.3) is 0 Å². The Morgan fingerprint density at radius 1 is 1.26 bits per heavy atom. The Morgan fingerprint density at radius 2 is 2.00 bits per heavy atom. The number of guanidine groups is 1. The number of likely N-dealkylation sites (tertiary alicyclic amines) is 1. The van der Waals surface area contributed by atoms with Crippen molar-refractivity contribution in [1.29, 1.82) is 5.41 Å². The van der Waals surface area contributed by atoms with E-state index in [9.17, 15) is 9.59 Å². The maximum atomic E-state index is 12.7. The zero-order valence-corrected chi connectivity index (χ0v) is 18.0. The summed E-state index contributed by atoms with van der Waals surface area (Å²) < 4.78 is -0.0909. The summed E-state index contributed by atoms with van der Waals surface area (Å²) >= 11 is 1.73. The molecule has 1 amide bonds. The number of hydrogen-bond donors (Lipinski definition) is 6. The first kappa shape index (κ1) is 24.1. The van der Waals surface area contributed by atoms with Crippen molar-refractivity contribution in [2.75, 3.05) is 26.2 Å². The highest BCUT2D eigenvalue weighted by molar-refractivity contribution is 14.1. The Bertz CT molecular complexity index is 492. The van der Waals surface area contributed by atoms with Gasteiger partial charge in [-0.25, -0.2) is 0 Å². The number of unbranched alkanes of at least 4 members (excludes halogenated alkanes) is 1. The van der Waals surface area contributed by atoms with E-state index in [0.717, 1.165) is 38.6 Å². The first-order chi connectivity index (χ1) is 12.8. The number of halogens is 1. The second-order valence-electron chi connectivity index (χ2n) is 7.05. The van der Waals surface area contributed by atoms with Gasteiger partial charge in [-0.05, 0) is 51.6 Å². The molecule has 9 N–H and O–H groups in total. The lowest BCUT2D eigenvalue weighted by molar-refractivity contribution is -0.128. The van der Waals surface area contributed by atoms with Crippen LogP contribution >= 0.6 is 22.6 Å². The number of nitrogens with one attached hydrogen (secondary N) is 3. The lowest BCUT2D eigenvalue weighted by Gasteiger charge is -2.28. The SMILES string of the molecule is N=C(N)NCCCC(NC(=O)C1CCCN1CC(N)CCCCN)C(=O)I. The highest BCUT2D eigenvalue weighted by atomic mass is 127. The van der Waals surface area contributed by atoms with Crippen LogP contribution < -0.4 is 27.8 Å². The number of amides is 1. The molecule has 0 aromatic carbocycles. The molecule has 1 aliphatic rings. The van der Waals surface area contributed by atoms with Crippen molar-refractivity contribution in [2.45, 2.75) is 63.1 Å². The Hall–Kier alpha value is -0.980. The molecule has 3 unspecified atom stereocenters. The predicted molar refractivity (Wildman–Crippen MR) is 116 cm³/mol. The fraction of sp³-hybridized carbons (Fsp3) is 0.824. The van der Waals surface area contributed by atoms with Crippen molar-refractivity contribution in [3.8, 4) is 0 Å². The molecule has 0 radical (unpaired) electrons. The van der Waals surface area contributed by atoms with Gasteiger partial charge in [0.2, 0.25) is 9.70 Å². The second kappa shape index (κ2) is 13.2. The molecule has 1 aliphatic heterocycles. The van der Waals surface area contributed by atoms with E-state index in [1.807, 2.05) is 0 Å². The van der Waals surface area contributed by atoms with Crippen molar-refractivity contribution in [3.63, 3.8) is 0 Å². The minimum Gasteiger partial charge on any atom is -0.370 e. The minimum absolute atomic E-state index is 0.0320. The number of nitrogens with two attached hydrogens (primary N) is 3. The van der Waals surface area contributed by atoms with E-state index in [1.54, 1.807) is 22.6 Å². The third kappa shape index (κ3) is 9.67. The Kier molecular flexibility index (Phi) is 11.8. The fourth-order valence-electron chi connectivity index (χ4n) is 3.32. The summed E-state index contributed by atoms with van der Waals surface area (Å²) in [4.78, 5) is 26.7. The average molecular weight is 495 g/mol. The normalized spacial score (nSPS) is 19.4. The summed E-state index contributed by atoms with van der Waals surface area (Å²) in [6.07, 6.45) is 5.77. The zero-order chi connectivity index (χ0) is 20.2. The van der Waals surface area contributed by atoms with Gasteiger partial charge in [-0.15, -0.1) is 0 Å². The number of rotatable bonds is 13. The van der Waals surface area contributed by atoms with Gasteiger partial charge in [0, 0.05) is 41.7 Å². The highest BCUT2D eigenvalue weighted by Crippen LogP contribution is 2.19. The molecule has 156 valence electrons. The number of hydrogen-bond acceptors (Lipinski definition) is 6. The van der Waals surface area contributed by atoms with Crippen LogP contribution in [0.5, 0.6) is 0 Å². The molecule has 9 nitrogen and oxygen atoms in total. The molecule has 0 bridgehead atoms. The third-order valence-electron chi connectivity index (χ3n) is 4.74. The highest BCUT2D eigenvalue weighted by Gasteiger charge is 2.33. The maximum absolute atomic E-state index is 12.7. The van der Waals surface area contributed by atoms with E-state index < -0.39 is 6.04 Å². The van der Waals surface area contributed by atoms with Crippen molar-refractivity contribution >= 4 is 38.2 Å². The lowest BCUT2D eigenvalue weighted by atomic mass is 10.1. The lowest BCUT2D eigenvalue weighted by Crippen LogP contribution is -2.51. The molecule has 1 heterocycles. The first-order valence-electron chi connectivity index (χ1n) is 9.62. The quantitative estimate of drug-likeness (QED) is 0.0667. The summed E-state index contributed by atoms with van der Waals surface area (Å²) in [7, 11) is 0. The third-order valence-corrected chi connectivity index (χ3v) is 5.49. The Morgan fingerprint density at radius 3 is 2.63 bits per heavy atom. The van der Waals surface area contributed by atoms with Gasteiger partial charge in [-0.2, -0.15) is 0 Å². The number of carbonyl (C=O) groups is 2. The van der Waals surface area contributed by atoms with E-state index in [-0.39, 0.29) is 27.7 Å². The van der Waals surface area contributed by atoms with Crippen LogP contribution in [-0.2, 0) is 9.59 Å². The Balaban J connectivity index is 2.48.